The van der Waals surface area contributed by atoms with Gasteiger partial charge in [0.15, 0.2) is 0 Å². The average Bonchev–Trinajstić information content (AvgIpc) is 1.25. The van der Waals surface area contributed by atoms with Crippen molar-refractivity contribution in [3.05, 3.63) is 0 Å². The van der Waals surface area contributed by atoms with Gasteiger partial charge >= 0.3 is 16.2 Å². The lowest BCUT2D eigenvalue weighted by Crippen LogP contribution is -1.98. The van der Waals surface area contributed by atoms with Crippen molar-refractivity contribution in [1.82, 2.24) is 0 Å². The molecule has 0 amide bonds. The first-order valence-corrected chi connectivity index (χ1v) is 6.28. The topological polar surface area (TPSA) is 68.3 Å². The second-order valence-corrected chi connectivity index (χ2v) is 8.53. The molecule has 8 heavy (non-hydrogen) atoms. The van der Waals surface area contributed by atoms with Crippen LogP contribution in [0.15, 0.2) is 0 Å². The Balaban J connectivity index is 5.18. The molecule has 0 heterocycles. The van der Waals surface area contributed by atoms with Crippen molar-refractivity contribution in [2.24, 2.45) is 0 Å². The molecule has 0 saturated carbocycles. The van der Waals surface area contributed by atoms with Crippen molar-refractivity contribution in [2.75, 3.05) is 0 Å². The molecule has 4 nitrogen and oxygen atoms in total. The van der Waals surface area contributed by atoms with Gasteiger partial charge in [-0.05, 0) is 0 Å². The fraction of sp³-hybridized carbons (Fsp3) is 0. The van der Waals surface area contributed by atoms with Crippen molar-refractivity contribution in [3.63, 3.8) is 0 Å². The standard InChI is InChI=1S/Cl2O4S2/c1-7(3,4)8(2,5)6. The second kappa shape index (κ2) is 2.02. The Kier molecular flexibility index (Phi) is 2.14. The van der Waals surface area contributed by atoms with E-state index in [4.69, 9.17) is 0 Å². The van der Waals surface area contributed by atoms with Gasteiger partial charge in [0.05, 0.1) is 0 Å². The molecule has 0 aromatic rings. The molecule has 0 fully saturated rings. The van der Waals surface area contributed by atoms with Crippen LogP contribution in [0.2, 0.25) is 0 Å². The Morgan fingerprint density at radius 1 is 0.750 bits per heavy atom. The van der Waals surface area contributed by atoms with Gasteiger partial charge in [0.2, 0.25) is 0 Å². The van der Waals surface area contributed by atoms with Gasteiger partial charge in [-0.3, -0.25) is 0 Å². The number of hydrogen-bond donors (Lipinski definition) is 0. The lowest BCUT2D eigenvalue weighted by atomic mass is 15.9. The van der Waals surface area contributed by atoms with E-state index in [1.165, 1.54) is 0 Å². The molecule has 8 heteroatoms. The minimum Gasteiger partial charge on any atom is -0.194 e. The fourth-order valence-corrected chi connectivity index (χ4v) is 0. The van der Waals surface area contributed by atoms with Crippen LogP contribution in [0.5, 0.6) is 0 Å². The molecular formula is Cl2O4S2. The summed E-state index contributed by atoms with van der Waals surface area (Å²) in [6.07, 6.45) is 0. The zero-order valence-corrected chi connectivity index (χ0v) is 6.35. The van der Waals surface area contributed by atoms with Crippen molar-refractivity contribution >= 4 is 37.5 Å². The SMILES string of the molecule is O=S(=O)(Cl)S(=O)(=O)Cl. The maximum Gasteiger partial charge on any atom is 0.351 e. The summed E-state index contributed by atoms with van der Waals surface area (Å²) < 4.78 is 38.8. The van der Waals surface area contributed by atoms with Crippen LogP contribution in [0.3, 0.4) is 0 Å². The molecule has 0 aliphatic carbocycles. The van der Waals surface area contributed by atoms with Gasteiger partial charge < -0.3 is 0 Å². The third-order valence-electron chi connectivity index (χ3n) is 0.238. The molecule has 0 rings (SSSR count). The maximum absolute atomic E-state index is 9.70. The summed E-state index contributed by atoms with van der Waals surface area (Å²) in [4.78, 5) is 0. The Hall–Kier alpha value is 0.480. The lowest BCUT2D eigenvalue weighted by molar-refractivity contribution is 0.598. The Labute approximate surface area is 54.6 Å². The van der Waals surface area contributed by atoms with E-state index in [2.05, 4.69) is 21.4 Å². The predicted octanol–water partition coefficient (Wildman–Crippen LogP) is 0.0386. The number of halogens is 2. The molecule has 0 atom stereocenters. The molecule has 0 aromatic heterocycles. The zero-order valence-electron chi connectivity index (χ0n) is 3.21. The Bertz CT molecular complexity index is 224. The van der Waals surface area contributed by atoms with E-state index in [0.717, 1.165) is 0 Å². The molecule has 0 radical (unpaired) electrons. The number of hydrogen-bond acceptors (Lipinski definition) is 4. The monoisotopic (exact) mass is 198 g/mol. The molecule has 0 saturated heterocycles. The summed E-state index contributed by atoms with van der Waals surface area (Å²) >= 11 is 0. The van der Waals surface area contributed by atoms with Crippen LogP contribution < -0.4 is 0 Å². The van der Waals surface area contributed by atoms with E-state index >= 15 is 0 Å². The van der Waals surface area contributed by atoms with Crippen LogP contribution in [0.1, 0.15) is 0 Å². The van der Waals surface area contributed by atoms with Crippen molar-refractivity contribution in [1.29, 1.82) is 0 Å². The van der Waals surface area contributed by atoms with Gasteiger partial charge in [-0.15, -0.1) is 0 Å². The van der Waals surface area contributed by atoms with Crippen LogP contribution in [-0.2, 0) is 16.2 Å². The van der Waals surface area contributed by atoms with E-state index in [0.29, 0.717) is 0 Å². The van der Waals surface area contributed by atoms with Gasteiger partial charge in [0, 0.05) is 21.4 Å². The first-order valence-electron chi connectivity index (χ1n) is 1.14. The van der Waals surface area contributed by atoms with E-state index < -0.39 is 16.2 Å². The van der Waals surface area contributed by atoms with Crippen molar-refractivity contribution in [2.45, 2.75) is 0 Å². The van der Waals surface area contributed by atoms with E-state index in [1.807, 2.05) is 0 Å². The Morgan fingerprint density at radius 3 is 0.875 bits per heavy atom. The molecule has 0 spiro atoms. The van der Waals surface area contributed by atoms with Gasteiger partial charge in [-0.2, -0.15) is 16.8 Å². The van der Waals surface area contributed by atoms with Crippen molar-refractivity contribution < 1.29 is 16.8 Å². The first kappa shape index (κ1) is 8.48. The van der Waals surface area contributed by atoms with Gasteiger partial charge in [0.25, 0.3) is 0 Å². The van der Waals surface area contributed by atoms with Gasteiger partial charge in [-0.25, -0.2) is 0 Å². The average molecular weight is 199 g/mol. The third kappa shape index (κ3) is 2.17. The summed E-state index contributed by atoms with van der Waals surface area (Å²) in [6.45, 7) is 0. The van der Waals surface area contributed by atoms with Crippen LogP contribution in [0.4, 0.5) is 0 Å². The zero-order chi connectivity index (χ0) is 7.00. The first-order chi connectivity index (χ1) is 3.25. The number of rotatable bonds is 1. The highest BCUT2D eigenvalue weighted by molar-refractivity contribution is 8.83. The molecule has 0 aromatic carbocycles. The summed E-state index contributed by atoms with van der Waals surface area (Å²) in [7, 11) is -0.738. The second-order valence-electron chi connectivity index (χ2n) is 0.786. The van der Waals surface area contributed by atoms with E-state index in [9.17, 15) is 16.8 Å². The molecule has 50 valence electrons. The highest BCUT2D eigenvalue weighted by Crippen LogP contribution is 2.11. The summed E-state index contributed by atoms with van der Waals surface area (Å²) in [5, 5.41) is 0. The van der Waals surface area contributed by atoms with E-state index in [1.54, 1.807) is 0 Å². The third-order valence-corrected chi connectivity index (χ3v) is 5.71. The largest absolute Gasteiger partial charge is 0.351 e. The summed E-state index contributed by atoms with van der Waals surface area (Å²) in [5.74, 6) is 0. The van der Waals surface area contributed by atoms with Gasteiger partial charge in [0.1, 0.15) is 0 Å². The molecule has 0 aliphatic rings. The maximum atomic E-state index is 9.70. The van der Waals surface area contributed by atoms with Crippen molar-refractivity contribution in [3.8, 4) is 0 Å². The summed E-state index contributed by atoms with van der Waals surface area (Å²) in [5.41, 5.74) is 0. The normalized spacial score (nSPS) is 13.8. The highest BCUT2D eigenvalue weighted by Gasteiger charge is 2.23. The van der Waals surface area contributed by atoms with Gasteiger partial charge in [-0.1, -0.05) is 0 Å². The van der Waals surface area contributed by atoms with E-state index in [-0.39, 0.29) is 0 Å². The van der Waals surface area contributed by atoms with Crippen LogP contribution in [-0.4, -0.2) is 16.8 Å². The van der Waals surface area contributed by atoms with Crippen LogP contribution in [0.25, 0.3) is 0 Å². The van der Waals surface area contributed by atoms with Crippen LogP contribution in [0, 0.1) is 0 Å². The molecule has 0 N–H and O–H groups in total. The highest BCUT2D eigenvalue weighted by atomic mass is 35.8. The smallest absolute Gasteiger partial charge is 0.194 e. The molecule has 0 aliphatic heterocycles. The minimum atomic E-state index is -4.63. The summed E-state index contributed by atoms with van der Waals surface area (Å²) in [6, 6.07) is 0. The molecule has 0 bridgehead atoms. The fourth-order valence-electron chi connectivity index (χ4n) is 0. The lowest BCUT2D eigenvalue weighted by Gasteiger charge is -1.81. The van der Waals surface area contributed by atoms with Crippen LogP contribution >= 0.6 is 21.4 Å². The quantitative estimate of drug-likeness (QED) is 0.441. The Morgan fingerprint density at radius 2 is 0.875 bits per heavy atom. The minimum absolute atomic E-state index is 4.26. The molecule has 0 unspecified atom stereocenters. The predicted molar refractivity (Wildman–Crippen MR) is 29.5 cm³/mol. The molecular weight excluding hydrogens is 199 g/mol.